The van der Waals surface area contributed by atoms with Crippen LogP contribution in [0.15, 0.2) is 83.9 Å². The van der Waals surface area contributed by atoms with Crippen molar-refractivity contribution in [1.29, 1.82) is 0 Å². The van der Waals surface area contributed by atoms with E-state index in [0.29, 0.717) is 35.2 Å². The van der Waals surface area contributed by atoms with Crippen LogP contribution < -0.4 is 38.5 Å². The average molecular weight is 745 g/mol. The summed E-state index contributed by atoms with van der Waals surface area (Å²) in [7, 11) is 0. The minimum Gasteiger partial charge on any atom is -0.370 e. The zero-order valence-corrected chi connectivity index (χ0v) is 29.5. The minimum atomic E-state index is -0.936. The van der Waals surface area contributed by atoms with Crippen molar-refractivity contribution in [1.82, 2.24) is 20.9 Å². The number of nitrogens with two attached hydrogens (primary N) is 3. The summed E-state index contributed by atoms with van der Waals surface area (Å²) in [4.78, 5) is 59.3. The van der Waals surface area contributed by atoms with Crippen molar-refractivity contribution in [2.75, 3.05) is 17.2 Å². The minimum absolute atomic E-state index is 0.0568. The van der Waals surface area contributed by atoms with E-state index < -0.39 is 23.9 Å². The molecule has 0 aliphatic heterocycles. The molecule has 0 saturated carbocycles. The van der Waals surface area contributed by atoms with Crippen LogP contribution in [0.4, 0.5) is 11.4 Å². The number of carbonyl (C=O) groups is 4. The Bertz CT molecular complexity index is 1850. The van der Waals surface area contributed by atoms with Crippen LogP contribution >= 0.6 is 15.9 Å². The van der Waals surface area contributed by atoms with Crippen molar-refractivity contribution in [2.24, 2.45) is 28.1 Å². The number of nitrogens with one attached hydrogen (secondary N) is 4. The second kappa shape index (κ2) is 17.8. The Labute approximate surface area is 299 Å². The second-order valence-corrected chi connectivity index (χ2v) is 12.5. The quantitative estimate of drug-likeness (QED) is 0.0389. The van der Waals surface area contributed by atoms with E-state index in [1.165, 1.54) is 0 Å². The predicted octanol–water partition coefficient (Wildman–Crippen LogP) is 3.43. The maximum Gasteiger partial charge on any atom is 0.254 e. The molecule has 10 N–H and O–H groups in total. The first-order chi connectivity index (χ1) is 24.0. The summed E-state index contributed by atoms with van der Waals surface area (Å²) < 4.78 is 0. The molecule has 3 aromatic carbocycles. The highest BCUT2D eigenvalue weighted by Gasteiger charge is 2.24. The summed E-state index contributed by atoms with van der Waals surface area (Å²) in [6, 6.07) is 22.7. The fourth-order valence-electron chi connectivity index (χ4n) is 5.22. The third-order valence-corrected chi connectivity index (χ3v) is 8.34. The number of primary amides is 1. The van der Waals surface area contributed by atoms with Gasteiger partial charge in [-0.15, -0.1) is 0 Å². The number of benzene rings is 3. The normalized spacial score (nSPS) is 12.1. The van der Waals surface area contributed by atoms with Gasteiger partial charge in [0.05, 0.1) is 27.8 Å². The van der Waals surface area contributed by atoms with Gasteiger partial charge in [0.25, 0.3) is 5.91 Å². The molecule has 4 amide bonds. The number of rotatable bonds is 16. The molecule has 0 fully saturated rings. The van der Waals surface area contributed by atoms with Crippen molar-refractivity contribution in [3.63, 3.8) is 0 Å². The first-order valence-electron chi connectivity index (χ1n) is 16.1. The van der Waals surface area contributed by atoms with Crippen LogP contribution in [0.2, 0.25) is 0 Å². The number of amides is 4. The lowest BCUT2D eigenvalue weighted by atomic mass is 10.0. The number of pyridine rings is 1. The molecule has 13 nitrogen and oxygen atoms in total. The number of hydrogen-bond donors (Lipinski definition) is 7. The van der Waals surface area contributed by atoms with Crippen molar-refractivity contribution < 1.29 is 19.2 Å². The number of para-hydroxylation sites is 1. The second-order valence-electron chi connectivity index (χ2n) is 12.0. The SMILES string of the molecule is CC(C)[C@H](NC(=O)CBr)C(=O)NCc1ccc(Nc2cc(-c3ccccc3)nc3c(C(=O)N[C@@H](CCCN=C(N)N)C(N)=O)cccc23)cc1. The molecule has 1 heterocycles. The van der Waals surface area contributed by atoms with Crippen LogP contribution in [0.25, 0.3) is 22.2 Å². The van der Waals surface area contributed by atoms with E-state index in [2.05, 4.69) is 42.2 Å². The molecule has 1 aromatic heterocycles. The predicted molar refractivity (Wildman–Crippen MR) is 200 cm³/mol. The van der Waals surface area contributed by atoms with E-state index in [0.717, 1.165) is 16.8 Å². The maximum atomic E-state index is 13.6. The number of aliphatic imine (C=N–C) groups is 1. The van der Waals surface area contributed by atoms with Crippen LogP contribution in [0.3, 0.4) is 0 Å². The Morgan fingerprint density at radius 3 is 2.26 bits per heavy atom. The maximum absolute atomic E-state index is 13.6. The highest BCUT2D eigenvalue weighted by atomic mass is 79.9. The van der Waals surface area contributed by atoms with Gasteiger partial charge in [0.15, 0.2) is 5.96 Å². The lowest BCUT2D eigenvalue weighted by Crippen LogP contribution is -2.49. The van der Waals surface area contributed by atoms with Crippen molar-refractivity contribution >= 4 is 67.8 Å². The molecule has 262 valence electrons. The Morgan fingerprint density at radius 2 is 1.62 bits per heavy atom. The summed E-state index contributed by atoms with van der Waals surface area (Å²) in [5, 5.41) is 12.7. The number of carbonyl (C=O) groups excluding carboxylic acids is 4. The molecule has 0 saturated heterocycles. The monoisotopic (exact) mass is 743 g/mol. The van der Waals surface area contributed by atoms with Gasteiger partial charge in [-0.05, 0) is 48.6 Å². The Morgan fingerprint density at radius 1 is 0.900 bits per heavy atom. The number of aromatic nitrogens is 1. The van der Waals surface area contributed by atoms with Gasteiger partial charge in [0.1, 0.15) is 12.1 Å². The first kappa shape index (κ1) is 37.3. The Balaban J connectivity index is 1.59. The molecule has 50 heavy (non-hydrogen) atoms. The van der Waals surface area contributed by atoms with E-state index in [9.17, 15) is 19.2 Å². The van der Waals surface area contributed by atoms with Gasteiger partial charge in [-0.2, -0.15) is 0 Å². The number of guanidine groups is 1. The molecular formula is C36H42BrN9O4. The number of fused-ring (bicyclic) bond motifs is 1. The van der Waals surface area contributed by atoms with Crippen molar-refractivity contribution in [2.45, 2.75) is 45.3 Å². The fourth-order valence-corrected chi connectivity index (χ4v) is 5.39. The van der Waals surface area contributed by atoms with E-state index in [1.807, 2.05) is 80.6 Å². The smallest absolute Gasteiger partial charge is 0.254 e. The summed E-state index contributed by atoms with van der Waals surface area (Å²) in [5.74, 6) is -1.83. The molecule has 0 unspecified atom stereocenters. The number of nitrogens with zero attached hydrogens (tertiary/aromatic N) is 2. The highest BCUT2D eigenvalue weighted by molar-refractivity contribution is 9.09. The van der Waals surface area contributed by atoms with E-state index in [1.54, 1.807) is 12.1 Å². The molecule has 4 rings (SSSR count). The topological polar surface area (TPSA) is 220 Å². The van der Waals surface area contributed by atoms with Crippen LogP contribution in [-0.4, -0.2) is 58.5 Å². The van der Waals surface area contributed by atoms with Gasteiger partial charge in [-0.25, -0.2) is 4.98 Å². The van der Waals surface area contributed by atoms with Crippen molar-refractivity contribution in [3.8, 4) is 11.3 Å². The number of alkyl halides is 1. The van der Waals surface area contributed by atoms with Crippen LogP contribution in [0, 0.1) is 5.92 Å². The third-order valence-electron chi connectivity index (χ3n) is 7.83. The van der Waals surface area contributed by atoms with Crippen LogP contribution in [0.5, 0.6) is 0 Å². The zero-order chi connectivity index (χ0) is 36.2. The van der Waals surface area contributed by atoms with Crippen molar-refractivity contribution in [3.05, 3.63) is 90.0 Å². The number of hydrogen-bond acceptors (Lipinski definition) is 7. The molecule has 0 radical (unpaired) electrons. The third kappa shape index (κ3) is 10.3. The highest BCUT2D eigenvalue weighted by Crippen LogP contribution is 2.32. The average Bonchev–Trinajstić information content (AvgIpc) is 3.10. The molecule has 0 aliphatic rings. The van der Waals surface area contributed by atoms with Gasteiger partial charge in [-0.3, -0.25) is 24.2 Å². The molecule has 14 heteroatoms. The van der Waals surface area contributed by atoms with Gasteiger partial charge in [0.2, 0.25) is 17.7 Å². The summed E-state index contributed by atoms with van der Waals surface area (Å²) >= 11 is 3.12. The largest absolute Gasteiger partial charge is 0.370 e. The summed E-state index contributed by atoms with van der Waals surface area (Å²) in [5.41, 5.74) is 20.9. The Hall–Kier alpha value is -5.50. The standard InChI is InChI=1S/C36H42BrN9O4/c1-21(2)31(46-30(47)19-37)35(50)42-20-22-13-15-24(16-14-22)43-29-18-28(23-8-4-3-5-9-23)44-32-25(29)10-6-11-26(32)34(49)45-27(33(38)48)12-7-17-41-36(39)40/h3-6,8-11,13-16,18,21,27,31H,7,12,17,19-20H2,1-2H3,(H2,38,48)(H,42,50)(H,43,44)(H,45,49)(H,46,47)(H4,39,40,41)/t27-,31-/m0/s1. The summed E-state index contributed by atoms with van der Waals surface area (Å²) in [6.45, 7) is 4.32. The zero-order valence-electron chi connectivity index (χ0n) is 27.9. The van der Waals surface area contributed by atoms with Gasteiger partial charge in [-0.1, -0.05) is 84.4 Å². The Kier molecular flexibility index (Phi) is 13.3. The van der Waals surface area contributed by atoms with Gasteiger partial charge in [0, 0.05) is 29.7 Å². The van der Waals surface area contributed by atoms with Crippen LogP contribution in [0.1, 0.15) is 42.6 Å². The lowest BCUT2D eigenvalue weighted by molar-refractivity contribution is -0.129. The van der Waals surface area contributed by atoms with Gasteiger partial charge < -0.3 is 38.5 Å². The molecular weight excluding hydrogens is 702 g/mol. The van der Waals surface area contributed by atoms with E-state index in [-0.39, 0.29) is 47.6 Å². The van der Waals surface area contributed by atoms with E-state index in [4.69, 9.17) is 22.2 Å². The molecule has 0 aliphatic carbocycles. The first-order valence-corrected chi connectivity index (χ1v) is 17.2. The van der Waals surface area contributed by atoms with Gasteiger partial charge >= 0.3 is 0 Å². The lowest BCUT2D eigenvalue weighted by Gasteiger charge is -2.21. The molecule has 4 aromatic rings. The number of anilines is 2. The van der Waals surface area contributed by atoms with E-state index >= 15 is 0 Å². The number of halogens is 1. The molecule has 0 bridgehead atoms. The molecule has 2 atom stereocenters. The van der Waals surface area contributed by atoms with Crippen LogP contribution in [-0.2, 0) is 20.9 Å². The fraction of sp³-hybridized carbons (Fsp3) is 0.278. The summed E-state index contributed by atoms with van der Waals surface area (Å²) in [6.07, 6.45) is 0.689. The molecule has 0 spiro atoms.